The fourth-order valence-corrected chi connectivity index (χ4v) is 4.94. The second-order valence-corrected chi connectivity index (χ2v) is 9.70. The molecule has 0 aromatic heterocycles. The number of piperidine rings is 1. The lowest BCUT2D eigenvalue weighted by Gasteiger charge is -2.34. The monoisotopic (exact) mass is 427 g/mol. The molecule has 0 radical (unpaired) electrons. The quantitative estimate of drug-likeness (QED) is 0.756. The number of amides is 3. The van der Waals surface area contributed by atoms with Gasteiger partial charge in [0.25, 0.3) is 5.91 Å². The van der Waals surface area contributed by atoms with Crippen LogP contribution in [-0.2, 0) is 9.59 Å². The van der Waals surface area contributed by atoms with Crippen LogP contribution in [0.1, 0.15) is 73.9 Å². The minimum Gasteiger partial charge on any atom is -0.354 e. The average molecular weight is 428 g/mol. The largest absolute Gasteiger partial charge is 0.354 e. The molecule has 1 aromatic rings. The highest BCUT2D eigenvalue weighted by Gasteiger charge is 2.33. The van der Waals surface area contributed by atoms with Crippen molar-refractivity contribution in [2.24, 2.45) is 11.8 Å². The Balaban J connectivity index is 1.57. The number of likely N-dealkylation sites (tertiary alicyclic amines) is 1. The number of nitrogens with zero attached hydrogens (tertiary/aromatic N) is 1. The summed E-state index contributed by atoms with van der Waals surface area (Å²) in [7, 11) is 0. The maximum atomic E-state index is 13.0. The van der Waals surface area contributed by atoms with E-state index < -0.39 is 0 Å². The molecule has 170 valence electrons. The smallest absolute Gasteiger partial charge is 0.253 e. The summed E-state index contributed by atoms with van der Waals surface area (Å²) in [6.07, 6.45) is 5.07. The molecule has 2 aliphatic rings. The minimum absolute atomic E-state index is 0.00684. The zero-order chi connectivity index (χ0) is 22.5. The molecule has 1 heterocycles. The van der Waals surface area contributed by atoms with Crippen LogP contribution in [0.3, 0.4) is 0 Å². The van der Waals surface area contributed by atoms with Crippen LogP contribution in [0.15, 0.2) is 18.2 Å². The first-order chi connectivity index (χ1) is 14.7. The second kappa shape index (κ2) is 10.3. The van der Waals surface area contributed by atoms with Gasteiger partial charge in [-0.1, -0.05) is 23.6 Å². The van der Waals surface area contributed by atoms with E-state index in [9.17, 15) is 14.4 Å². The normalized spacial score (nSPS) is 24.0. The van der Waals surface area contributed by atoms with Gasteiger partial charge in [0.05, 0.1) is 5.92 Å². The van der Waals surface area contributed by atoms with Crippen LogP contribution in [0.25, 0.3) is 0 Å². The zero-order valence-corrected chi connectivity index (χ0v) is 19.4. The van der Waals surface area contributed by atoms with Crippen molar-refractivity contribution in [1.29, 1.82) is 0 Å². The average Bonchev–Trinajstić information content (AvgIpc) is 2.72. The van der Waals surface area contributed by atoms with E-state index in [2.05, 4.69) is 16.7 Å². The molecule has 0 bridgehead atoms. The lowest BCUT2D eigenvalue weighted by atomic mass is 9.84. The molecule has 3 amide bonds. The van der Waals surface area contributed by atoms with Crippen LogP contribution < -0.4 is 10.6 Å². The Hall–Kier alpha value is -2.37. The highest BCUT2D eigenvalue weighted by Crippen LogP contribution is 2.26. The molecular formula is C25H37N3O3. The lowest BCUT2D eigenvalue weighted by Crippen LogP contribution is -2.49. The molecule has 1 aromatic carbocycles. The van der Waals surface area contributed by atoms with Gasteiger partial charge in [0.1, 0.15) is 0 Å². The van der Waals surface area contributed by atoms with Gasteiger partial charge in [0, 0.05) is 36.7 Å². The van der Waals surface area contributed by atoms with Crippen LogP contribution >= 0.6 is 0 Å². The molecule has 0 spiro atoms. The topological polar surface area (TPSA) is 78.5 Å². The molecule has 2 N–H and O–H groups in total. The lowest BCUT2D eigenvalue weighted by molar-refractivity contribution is -0.130. The molecule has 1 aliphatic carbocycles. The Kier molecular flexibility index (Phi) is 7.74. The van der Waals surface area contributed by atoms with Gasteiger partial charge in [-0.3, -0.25) is 14.4 Å². The standard InChI is InChI=1S/C25H37N3O3/c1-16(2)26-23(29)19-7-5-9-22(14-19)27-24(30)20-8-6-10-28(15-20)25(31)21-12-17(3)11-18(4)13-21/h11-13,16,19-20,22H,5-10,14-15H2,1-4H3,(H,26,29)(H,27,30). The summed E-state index contributed by atoms with van der Waals surface area (Å²) >= 11 is 0. The fraction of sp³-hybridized carbons (Fsp3) is 0.640. The van der Waals surface area contributed by atoms with Crippen LogP contribution in [0.4, 0.5) is 0 Å². The van der Waals surface area contributed by atoms with Crippen LogP contribution in [0.2, 0.25) is 0 Å². The third kappa shape index (κ3) is 6.31. The van der Waals surface area contributed by atoms with Gasteiger partial charge in [0.2, 0.25) is 11.8 Å². The van der Waals surface area contributed by atoms with Crippen molar-refractivity contribution in [3.05, 3.63) is 34.9 Å². The molecule has 3 rings (SSSR count). The number of rotatable bonds is 5. The summed E-state index contributed by atoms with van der Waals surface area (Å²) in [5.74, 6) is -0.0963. The first-order valence-electron chi connectivity index (χ1n) is 11.7. The Labute approximate surface area is 186 Å². The van der Waals surface area contributed by atoms with Gasteiger partial charge in [-0.25, -0.2) is 0 Å². The number of hydrogen-bond acceptors (Lipinski definition) is 3. The van der Waals surface area contributed by atoms with E-state index in [4.69, 9.17) is 0 Å². The van der Waals surface area contributed by atoms with E-state index in [0.717, 1.165) is 43.2 Å². The van der Waals surface area contributed by atoms with Gasteiger partial charge in [0.15, 0.2) is 0 Å². The predicted molar refractivity (Wildman–Crippen MR) is 122 cm³/mol. The van der Waals surface area contributed by atoms with Gasteiger partial charge in [-0.15, -0.1) is 0 Å². The van der Waals surface area contributed by atoms with Crippen molar-refractivity contribution >= 4 is 17.7 Å². The summed E-state index contributed by atoms with van der Waals surface area (Å²) in [4.78, 5) is 40.2. The maximum Gasteiger partial charge on any atom is 0.253 e. The van der Waals surface area contributed by atoms with Crippen molar-refractivity contribution < 1.29 is 14.4 Å². The third-order valence-corrected chi connectivity index (χ3v) is 6.37. The first-order valence-corrected chi connectivity index (χ1v) is 11.7. The van der Waals surface area contributed by atoms with Gasteiger partial charge in [-0.2, -0.15) is 0 Å². The van der Waals surface area contributed by atoms with Crippen molar-refractivity contribution in [2.45, 2.75) is 78.3 Å². The van der Waals surface area contributed by atoms with Crippen LogP contribution in [-0.4, -0.2) is 47.8 Å². The highest BCUT2D eigenvalue weighted by atomic mass is 16.2. The van der Waals surface area contributed by atoms with Gasteiger partial charge >= 0.3 is 0 Å². The van der Waals surface area contributed by atoms with Gasteiger partial charge < -0.3 is 15.5 Å². The third-order valence-electron chi connectivity index (χ3n) is 6.37. The molecule has 3 unspecified atom stereocenters. The molecule has 6 nitrogen and oxygen atoms in total. The summed E-state index contributed by atoms with van der Waals surface area (Å²) < 4.78 is 0. The van der Waals surface area contributed by atoms with E-state index in [-0.39, 0.29) is 41.6 Å². The van der Waals surface area contributed by atoms with Crippen molar-refractivity contribution in [3.63, 3.8) is 0 Å². The predicted octanol–water partition coefficient (Wildman–Crippen LogP) is 3.36. The van der Waals surface area contributed by atoms with Crippen molar-refractivity contribution in [3.8, 4) is 0 Å². The number of hydrogen-bond donors (Lipinski definition) is 2. The van der Waals surface area contributed by atoms with E-state index in [1.165, 1.54) is 0 Å². The fourth-order valence-electron chi connectivity index (χ4n) is 4.94. The summed E-state index contributed by atoms with van der Waals surface area (Å²) in [5.41, 5.74) is 2.84. The first kappa shape index (κ1) is 23.3. The molecule has 1 saturated carbocycles. The summed E-state index contributed by atoms with van der Waals surface area (Å²) in [5, 5.41) is 6.18. The molecule has 3 atom stereocenters. The Morgan fingerprint density at radius 1 is 0.935 bits per heavy atom. The van der Waals surface area contributed by atoms with Crippen LogP contribution in [0.5, 0.6) is 0 Å². The zero-order valence-electron chi connectivity index (χ0n) is 19.4. The van der Waals surface area contributed by atoms with Crippen LogP contribution in [0, 0.1) is 25.7 Å². The molecule has 6 heteroatoms. The molecular weight excluding hydrogens is 390 g/mol. The summed E-state index contributed by atoms with van der Waals surface area (Å²) in [6.45, 7) is 9.07. The minimum atomic E-state index is -0.187. The number of carbonyl (C=O) groups excluding carboxylic acids is 3. The number of nitrogens with one attached hydrogen (secondary N) is 2. The molecule has 1 saturated heterocycles. The van der Waals surface area contributed by atoms with Gasteiger partial charge in [-0.05, 0) is 71.9 Å². The van der Waals surface area contributed by atoms with E-state index in [1.807, 2.05) is 44.7 Å². The highest BCUT2D eigenvalue weighted by molar-refractivity contribution is 5.95. The van der Waals surface area contributed by atoms with Crippen molar-refractivity contribution in [2.75, 3.05) is 13.1 Å². The number of carbonyl (C=O) groups is 3. The molecule has 2 fully saturated rings. The second-order valence-electron chi connectivity index (χ2n) is 9.70. The molecule has 31 heavy (non-hydrogen) atoms. The summed E-state index contributed by atoms with van der Waals surface area (Å²) in [6, 6.07) is 6.06. The SMILES string of the molecule is Cc1cc(C)cc(C(=O)N2CCCC(C(=O)NC3CCCC(C(=O)NC(C)C)C3)C2)c1. The Morgan fingerprint density at radius 2 is 1.61 bits per heavy atom. The van der Waals surface area contributed by atoms with E-state index in [0.29, 0.717) is 25.1 Å². The Bertz CT molecular complexity index is 800. The number of aryl methyl sites for hydroxylation is 2. The number of benzene rings is 1. The van der Waals surface area contributed by atoms with E-state index >= 15 is 0 Å². The van der Waals surface area contributed by atoms with E-state index in [1.54, 1.807) is 0 Å². The van der Waals surface area contributed by atoms with Crippen molar-refractivity contribution in [1.82, 2.24) is 15.5 Å². The Morgan fingerprint density at radius 3 is 2.29 bits per heavy atom. The maximum absolute atomic E-state index is 13.0. The molecule has 1 aliphatic heterocycles.